The van der Waals surface area contributed by atoms with Crippen LogP contribution in [-0.2, 0) is 22.6 Å². The lowest BCUT2D eigenvalue weighted by atomic mass is 9.86. The first-order valence-electron chi connectivity index (χ1n) is 13.0. The van der Waals surface area contributed by atoms with Crippen molar-refractivity contribution in [2.75, 3.05) is 25.7 Å². The number of piperazine rings is 1. The molecule has 0 unspecified atom stereocenters. The van der Waals surface area contributed by atoms with Crippen molar-refractivity contribution in [1.82, 2.24) is 14.8 Å². The number of nitro groups is 1. The van der Waals surface area contributed by atoms with Crippen LogP contribution in [0.25, 0.3) is 10.9 Å². The van der Waals surface area contributed by atoms with Crippen molar-refractivity contribution < 1.29 is 24.0 Å². The second-order valence-electron chi connectivity index (χ2n) is 10.2. The molecular weight excluding hydrogens is 514 g/mol. The Morgan fingerprint density at radius 1 is 1.07 bits per heavy atom. The molecule has 0 aliphatic carbocycles. The molecule has 11 heteroatoms. The summed E-state index contributed by atoms with van der Waals surface area (Å²) in [4.78, 5) is 45.7. The molecule has 202 valence electrons. The van der Waals surface area contributed by atoms with Gasteiger partial charge in [0, 0.05) is 42.7 Å². The number of amides is 2. The number of aromatic amines is 1. The van der Waals surface area contributed by atoms with Crippen molar-refractivity contribution in [3.63, 3.8) is 0 Å². The Bertz CT molecular complexity index is 1710. The zero-order valence-corrected chi connectivity index (χ0v) is 21.5. The van der Waals surface area contributed by atoms with Crippen LogP contribution < -0.4 is 14.8 Å². The molecule has 3 aromatic carbocycles. The van der Waals surface area contributed by atoms with E-state index in [4.69, 9.17) is 9.47 Å². The predicted octanol–water partition coefficient (Wildman–Crippen LogP) is 3.73. The number of fused-ring (bicyclic) bond motifs is 5. The van der Waals surface area contributed by atoms with E-state index in [0.717, 1.165) is 27.7 Å². The quantitative estimate of drug-likeness (QED) is 0.292. The van der Waals surface area contributed by atoms with E-state index >= 15 is 0 Å². The van der Waals surface area contributed by atoms with Gasteiger partial charge in [0.25, 0.3) is 5.69 Å². The number of carbonyl (C=O) groups excluding carboxylic acids is 2. The lowest BCUT2D eigenvalue weighted by Crippen LogP contribution is -2.62. The maximum Gasteiger partial charge on any atom is 0.292 e. The van der Waals surface area contributed by atoms with E-state index in [1.165, 1.54) is 11.0 Å². The summed E-state index contributed by atoms with van der Waals surface area (Å²) >= 11 is 0. The molecule has 3 aliphatic rings. The highest BCUT2D eigenvalue weighted by Crippen LogP contribution is 2.45. The Labute approximate surface area is 228 Å². The fraction of sp³-hybridized carbons (Fsp3) is 0.241. The number of rotatable bonds is 5. The molecule has 7 rings (SSSR count). The number of para-hydroxylation sites is 1. The molecule has 0 saturated carbocycles. The number of ether oxygens (including phenoxy) is 2. The SMILES string of the molecule is CNc1ccc(CN2CC(=O)N3[C@H](c4ccc5c(c4)OCO5)c4[nH]c5ccccc5c4C[C@@H]3C2=O)cc1[N+](=O)[O-]. The number of hydrogen-bond donors (Lipinski definition) is 2. The zero-order valence-electron chi connectivity index (χ0n) is 21.5. The highest BCUT2D eigenvalue weighted by atomic mass is 16.7. The first kappa shape index (κ1) is 24.0. The maximum absolute atomic E-state index is 14.0. The minimum absolute atomic E-state index is 0.0821. The van der Waals surface area contributed by atoms with Crippen molar-refractivity contribution in [2.45, 2.75) is 25.0 Å². The number of nitrogens with one attached hydrogen (secondary N) is 2. The van der Waals surface area contributed by atoms with Crippen LogP contribution in [-0.4, -0.2) is 57.9 Å². The second kappa shape index (κ2) is 9.01. The Kier molecular flexibility index (Phi) is 5.41. The molecule has 0 radical (unpaired) electrons. The van der Waals surface area contributed by atoms with E-state index < -0.39 is 17.0 Å². The van der Waals surface area contributed by atoms with E-state index in [-0.39, 0.29) is 37.4 Å². The molecule has 2 amide bonds. The fourth-order valence-corrected chi connectivity index (χ4v) is 6.15. The normalized spacial score (nSPS) is 19.5. The van der Waals surface area contributed by atoms with Crippen LogP contribution in [0.3, 0.4) is 0 Å². The second-order valence-corrected chi connectivity index (χ2v) is 10.2. The van der Waals surface area contributed by atoms with Gasteiger partial charge in [-0.1, -0.05) is 30.3 Å². The molecule has 4 aromatic rings. The van der Waals surface area contributed by atoms with Gasteiger partial charge in [-0.15, -0.1) is 0 Å². The van der Waals surface area contributed by atoms with Gasteiger partial charge >= 0.3 is 0 Å². The summed E-state index contributed by atoms with van der Waals surface area (Å²) < 4.78 is 11.1. The molecule has 0 bridgehead atoms. The van der Waals surface area contributed by atoms with Crippen molar-refractivity contribution in [3.05, 3.63) is 93.2 Å². The van der Waals surface area contributed by atoms with Gasteiger partial charge in [0.1, 0.15) is 18.3 Å². The molecule has 2 atom stereocenters. The van der Waals surface area contributed by atoms with E-state index in [2.05, 4.69) is 10.3 Å². The van der Waals surface area contributed by atoms with Gasteiger partial charge in [-0.25, -0.2) is 0 Å². The van der Waals surface area contributed by atoms with E-state index in [9.17, 15) is 19.7 Å². The number of benzene rings is 3. The highest BCUT2D eigenvalue weighted by Gasteiger charge is 2.48. The Morgan fingerprint density at radius 3 is 2.73 bits per heavy atom. The number of aromatic nitrogens is 1. The third kappa shape index (κ3) is 3.65. The van der Waals surface area contributed by atoms with Gasteiger partial charge in [0.15, 0.2) is 11.5 Å². The fourth-order valence-electron chi connectivity index (χ4n) is 6.15. The zero-order chi connectivity index (χ0) is 27.5. The molecule has 1 fully saturated rings. The number of nitro benzene ring substituents is 1. The molecule has 1 aromatic heterocycles. The summed E-state index contributed by atoms with van der Waals surface area (Å²) in [5, 5.41) is 15.4. The lowest BCUT2D eigenvalue weighted by molar-refractivity contribution is -0.384. The van der Waals surface area contributed by atoms with Crippen LogP contribution >= 0.6 is 0 Å². The molecule has 0 spiro atoms. The smallest absolute Gasteiger partial charge is 0.292 e. The minimum atomic E-state index is -0.727. The third-order valence-electron chi connectivity index (χ3n) is 7.96. The van der Waals surface area contributed by atoms with Gasteiger partial charge < -0.3 is 29.6 Å². The van der Waals surface area contributed by atoms with Crippen LogP contribution in [0.4, 0.5) is 11.4 Å². The summed E-state index contributed by atoms with van der Waals surface area (Å²) in [5.74, 6) is 0.847. The van der Waals surface area contributed by atoms with E-state index in [1.807, 2.05) is 42.5 Å². The monoisotopic (exact) mass is 539 g/mol. The molecule has 11 nitrogen and oxygen atoms in total. The summed E-state index contributed by atoms with van der Waals surface area (Å²) in [6, 6.07) is 17.1. The Morgan fingerprint density at radius 2 is 1.90 bits per heavy atom. The predicted molar refractivity (Wildman–Crippen MR) is 145 cm³/mol. The van der Waals surface area contributed by atoms with Crippen molar-refractivity contribution >= 4 is 34.1 Å². The Hall–Kier alpha value is -5.06. The first-order chi connectivity index (χ1) is 19.4. The van der Waals surface area contributed by atoms with Crippen molar-refractivity contribution in [3.8, 4) is 11.5 Å². The summed E-state index contributed by atoms with van der Waals surface area (Å²) in [6.07, 6.45) is 0.361. The van der Waals surface area contributed by atoms with Crippen LogP contribution in [0.2, 0.25) is 0 Å². The summed E-state index contributed by atoms with van der Waals surface area (Å²) in [7, 11) is 1.61. The largest absolute Gasteiger partial charge is 0.454 e. The number of nitrogens with zero attached hydrogens (tertiary/aromatic N) is 3. The average Bonchev–Trinajstić information content (AvgIpc) is 3.58. The summed E-state index contributed by atoms with van der Waals surface area (Å²) in [5.41, 5.74) is 4.51. The number of hydrogen-bond acceptors (Lipinski definition) is 7. The molecular formula is C29H25N5O6. The number of anilines is 1. The number of H-pyrrole nitrogens is 1. The topological polar surface area (TPSA) is 130 Å². The van der Waals surface area contributed by atoms with E-state index in [0.29, 0.717) is 29.2 Å². The minimum Gasteiger partial charge on any atom is -0.454 e. The molecule has 4 heterocycles. The lowest BCUT2D eigenvalue weighted by Gasteiger charge is -2.47. The molecule has 40 heavy (non-hydrogen) atoms. The maximum atomic E-state index is 14.0. The average molecular weight is 540 g/mol. The first-order valence-corrected chi connectivity index (χ1v) is 13.0. The molecule has 3 aliphatic heterocycles. The van der Waals surface area contributed by atoms with Crippen LogP contribution in [0.15, 0.2) is 60.7 Å². The van der Waals surface area contributed by atoms with Crippen molar-refractivity contribution in [1.29, 1.82) is 0 Å². The van der Waals surface area contributed by atoms with Gasteiger partial charge in [0.05, 0.1) is 11.0 Å². The van der Waals surface area contributed by atoms with Gasteiger partial charge in [-0.2, -0.15) is 0 Å². The van der Waals surface area contributed by atoms with Gasteiger partial charge in [-0.3, -0.25) is 19.7 Å². The van der Waals surface area contributed by atoms with Crippen LogP contribution in [0.5, 0.6) is 11.5 Å². The third-order valence-corrected chi connectivity index (χ3v) is 7.96. The van der Waals surface area contributed by atoms with Gasteiger partial charge in [0.2, 0.25) is 18.6 Å². The van der Waals surface area contributed by atoms with Crippen LogP contribution in [0, 0.1) is 10.1 Å². The number of carbonyl (C=O) groups is 2. The Balaban J connectivity index is 1.29. The summed E-state index contributed by atoms with van der Waals surface area (Å²) in [6.45, 7) is 0.0932. The standard InChI is InChI=1S/C29H25N5O6/c1-30-21-8-6-16(10-22(21)34(37)38)13-32-14-26(35)33-23(29(32)36)12-19-18-4-2-3-5-20(18)31-27(19)28(33)17-7-9-24-25(11-17)40-15-39-24/h2-11,23,28,30-31H,12-15H2,1H3/t23-,28-/m1/s1. The van der Waals surface area contributed by atoms with Crippen LogP contribution in [0.1, 0.15) is 28.4 Å². The highest BCUT2D eigenvalue weighted by molar-refractivity contribution is 5.97. The van der Waals surface area contributed by atoms with Crippen molar-refractivity contribution in [2.24, 2.45) is 0 Å². The van der Waals surface area contributed by atoms with Gasteiger partial charge in [-0.05, 0) is 41.0 Å². The molecule has 2 N–H and O–H groups in total. The molecule has 1 saturated heterocycles. The van der Waals surface area contributed by atoms with E-state index in [1.54, 1.807) is 24.1 Å².